The van der Waals surface area contributed by atoms with Crippen LogP contribution in [-0.4, -0.2) is 45.6 Å². The number of rotatable bonds is 7. The third-order valence-corrected chi connectivity index (χ3v) is 6.99. The van der Waals surface area contributed by atoms with Gasteiger partial charge >= 0.3 is 0 Å². The van der Waals surface area contributed by atoms with Crippen molar-refractivity contribution in [1.29, 1.82) is 0 Å². The summed E-state index contributed by atoms with van der Waals surface area (Å²) in [6.45, 7) is 8.97. The van der Waals surface area contributed by atoms with Crippen molar-refractivity contribution < 1.29 is 4.79 Å². The second kappa shape index (κ2) is 9.14. The van der Waals surface area contributed by atoms with E-state index in [0.29, 0.717) is 0 Å². The first kappa shape index (κ1) is 21.4. The van der Waals surface area contributed by atoms with Crippen LogP contribution in [0.5, 0.6) is 0 Å². The summed E-state index contributed by atoms with van der Waals surface area (Å²) < 4.78 is 1.97. The van der Waals surface area contributed by atoms with Gasteiger partial charge in [0.15, 0.2) is 11.0 Å². The molecule has 1 atom stereocenters. The van der Waals surface area contributed by atoms with E-state index in [0.717, 1.165) is 48.3 Å². The van der Waals surface area contributed by atoms with Gasteiger partial charge < -0.3 is 14.4 Å². The molecule has 6 nitrogen and oxygen atoms in total. The number of thioether (sulfide) groups is 1. The molecule has 31 heavy (non-hydrogen) atoms. The Kier molecular flexibility index (Phi) is 6.32. The lowest BCUT2D eigenvalue weighted by Gasteiger charge is -2.21. The van der Waals surface area contributed by atoms with Crippen LogP contribution in [0.4, 0.5) is 11.4 Å². The van der Waals surface area contributed by atoms with Gasteiger partial charge in [-0.2, -0.15) is 0 Å². The molecule has 0 saturated heterocycles. The molecule has 7 heteroatoms. The normalized spacial score (nSPS) is 13.9. The number of benzene rings is 2. The van der Waals surface area contributed by atoms with E-state index >= 15 is 0 Å². The van der Waals surface area contributed by atoms with E-state index in [4.69, 9.17) is 0 Å². The van der Waals surface area contributed by atoms with Gasteiger partial charge in [0.2, 0.25) is 5.91 Å². The van der Waals surface area contributed by atoms with Gasteiger partial charge in [-0.3, -0.25) is 4.79 Å². The molecule has 3 aromatic rings. The van der Waals surface area contributed by atoms with Crippen LogP contribution in [0.25, 0.3) is 11.4 Å². The van der Waals surface area contributed by atoms with Gasteiger partial charge in [-0.25, -0.2) is 0 Å². The molecule has 1 aliphatic heterocycles. The Morgan fingerprint density at radius 3 is 2.52 bits per heavy atom. The van der Waals surface area contributed by atoms with Crippen molar-refractivity contribution in [2.24, 2.45) is 7.05 Å². The maximum Gasteiger partial charge on any atom is 0.240 e. The molecule has 0 aliphatic carbocycles. The molecule has 162 valence electrons. The van der Waals surface area contributed by atoms with E-state index in [1.165, 1.54) is 23.0 Å². The molecular formula is C24H29N5OS. The zero-order valence-electron chi connectivity index (χ0n) is 18.6. The minimum atomic E-state index is -0.244. The number of hydrogen-bond donors (Lipinski definition) is 0. The predicted molar refractivity (Wildman–Crippen MR) is 128 cm³/mol. The molecule has 4 rings (SSSR count). The van der Waals surface area contributed by atoms with E-state index in [1.54, 1.807) is 0 Å². The predicted octanol–water partition coefficient (Wildman–Crippen LogP) is 4.40. The monoisotopic (exact) mass is 435 g/mol. The first-order valence-corrected chi connectivity index (χ1v) is 11.7. The molecule has 0 bridgehead atoms. The van der Waals surface area contributed by atoms with Crippen LogP contribution in [0.15, 0.2) is 53.7 Å². The number of anilines is 2. The van der Waals surface area contributed by atoms with E-state index in [2.05, 4.69) is 59.3 Å². The Hall–Kier alpha value is -2.80. The van der Waals surface area contributed by atoms with Crippen molar-refractivity contribution in [2.75, 3.05) is 29.4 Å². The average Bonchev–Trinajstić information content (AvgIpc) is 3.38. The zero-order valence-corrected chi connectivity index (χ0v) is 19.4. The summed E-state index contributed by atoms with van der Waals surface area (Å²) in [5.74, 6) is 0.919. The molecule has 1 amide bonds. The zero-order chi connectivity index (χ0) is 22.0. The highest BCUT2D eigenvalue weighted by molar-refractivity contribution is 8.00. The fraction of sp³-hybridized carbons (Fsp3) is 0.375. The molecule has 1 unspecified atom stereocenters. The number of carbonyl (C=O) groups excluding carboxylic acids is 1. The van der Waals surface area contributed by atoms with E-state index < -0.39 is 0 Å². The number of amides is 1. The lowest BCUT2D eigenvalue weighted by molar-refractivity contribution is -0.117. The number of nitrogens with zero attached hydrogens (tertiary/aromatic N) is 5. The van der Waals surface area contributed by atoms with Crippen molar-refractivity contribution in [3.8, 4) is 11.4 Å². The smallest absolute Gasteiger partial charge is 0.240 e. The van der Waals surface area contributed by atoms with Crippen molar-refractivity contribution in [3.05, 3.63) is 54.1 Å². The first-order valence-electron chi connectivity index (χ1n) is 10.8. The minimum absolute atomic E-state index is 0.114. The maximum atomic E-state index is 13.1. The largest absolute Gasteiger partial charge is 0.372 e. The van der Waals surface area contributed by atoms with Gasteiger partial charge in [0, 0.05) is 43.6 Å². The van der Waals surface area contributed by atoms with Crippen LogP contribution in [0.2, 0.25) is 0 Å². The molecule has 1 aliphatic rings. The third kappa shape index (κ3) is 4.19. The van der Waals surface area contributed by atoms with Crippen LogP contribution < -0.4 is 9.80 Å². The van der Waals surface area contributed by atoms with Crippen molar-refractivity contribution in [2.45, 2.75) is 37.6 Å². The summed E-state index contributed by atoms with van der Waals surface area (Å²) in [5, 5.41) is 9.27. The fourth-order valence-electron chi connectivity index (χ4n) is 4.07. The highest BCUT2D eigenvalue weighted by Gasteiger charge is 2.29. The molecule has 2 aromatic carbocycles. The SMILES string of the molecule is CCN(CC)c1ccc(-c2nnc(SC(C)C(=O)N3CCc4ccccc43)n2C)cc1. The van der Waals surface area contributed by atoms with Crippen LogP contribution in [0, 0.1) is 0 Å². The molecule has 2 heterocycles. The van der Waals surface area contributed by atoms with E-state index in [-0.39, 0.29) is 11.2 Å². The van der Waals surface area contributed by atoms with Crippen LogP contribution in [0.1, 0.15) is 26.3 Å². The number of fused-ring (bicyclic) bond motifs is 1. The van der Waals surface area contributed by atoms with E-state index in [1.807, 2.05) is 41.6 Å². The van der Waals surface area contributed by atoms with E-state index in [9.17, 15) is 4.79 Å². The molecule has 0 fully saturated rings. The molecule has 1 aromatic heterocycles. The fourth-order valence-corrected chi connectivity index (χ4v) is 4.95. The average molecular weight is 436 g/mol. The van der Waals surface area contributed by atoms with Gasteiger partial charge in [0.1, 0.15) is 0 Å². The number of hydrogen-bond acceptors (Lipinski definition) is 5. The highest BCUT2D eigenvalue weighted by Crippen LogP contribution is 2.32. The quantitative estimate of drug-likeness (QED) is 0.515. The maximum absolute atomic E-state index is 13.1. The van der Waals surface area contributed by atoms with Gasteiger partial charge in [0.05, 0.1) is 5.25 Å². The Morgan fingerprint density at radius 2 is 1.81 bits per heavy atom. The first-order chi connectivity index (χ1) is 15.0. The van der Waals surface area contributed by atoms with Gasteiger partial charge in [-0.1, -0.05) is 30.0 Å². The summed E-state index contributed by atoms with van der Waals surface area (Å²) in [7, 11) is 1.96. The summed E-state index contributed by atoms with van der Waals surface area (Å²) >= 11 is 1.46. The summed E-state index contributed by atoms with van der Waals surface area (Å²) in [4.78, 5) is 17.3. The Balaban J connectivity index is 1.48. The number of aromatic nitrogens is 3. The lowest BCUT2D eigenvalue weighted by Crippen LogP contribution is -2.35. The minimum Gasteiger partial charge on any atom is -0.372 e. The highest BCUT2D eigenvalue weighted by atomic mass is 32.2. The number of carbonyl (C=O) groups is 1. The molecule has 0 radical (unpaired) electrons. The molecule has 0 saturated carbocycles. The van der Waals surface area contributed by atoms with Gasteiger partial charge in [-0.05, 0) is 63.1 Å². The van der Waals surface area contributed by atoms with Crippen LogP contribution in [0.3, 0.4) is 0 Å². The molecule has 0 spiro atoms. The van der Waals surface area contributed by atoms with Crippen molar-refractivity contribution >= 4 is 29.0 Å². The third-order valence-electron chi connectivity index (χ3n) is 5.87. The number of para-hydroxylation sites is 1. The molecule has 0 N–H and O–H groups in total. The van der Waals surface area contributed by atoms with Gasteiger partial charge in [-0.15, -0.1) is 10.2 Å². The summed E-state index contributed by atoms with van der Waals surface area (Å²) in [6, 6.07) is 16.6. The van der Waals surface area contributed by atoms with Crippen LogP contribution >= 0.6 is 11.8 Å². The Bertz CT molecular complexity index is 1060. The standard InChI is InChI=1S/C24H29N5OS/c1-5-28(6-2)20-13-11-19(12-14-20)22-25-26-24(27(22)4)31-17(3)23(30)29-16-15-18-9-7-8-10-21(18)29/h7-14,17H,5-6,15-16H2,1-4H3. The van der Waals surface area contributed by atoms with Crippen molar-refractivity contribution in [1.82, 2.24) is 14.8 Å². The van der Waals surface area contributed by atoms with Gasteiger partial charge in [0.25, 0.3) is 0 Å². The Labute approximate surface area is 188 Å². The summed E-state index contributed by atoms with van der Waals surface area (Å²) in [5.41, 5.74) is 4.50. The molecular weight excluding hydrogens is 406 g/mol. The topological polar surface area (TPSA) is 54.3 Å². The van der Waals surface area contributed by atoms with Crippen molar-refractivity contribution in [3.63, 3.8) is 0 Å². The van der Waals surface area contributed by atoms with Crippen LogP contribution in [-0.2, 0) is 18.3 Å². The second-order valence-electron chi connectivity index (χ2n) is 7.71. The summed E-state index contributed by atoms with van der Waals surface area (Å²) in [6.07, 6.45) is 0.914. The second-order valence-corrected chi connectivity index (χ2v) is 9.02. The Morgan fingerprint density at radius 1 is 1.10 bits per heavy atom. The lowest BCUT2D eigenvalue weighted by atomic mass is 10.2.